The zero-order valence-electron chi connectivity index (χ0n) is 55.0. The molecule has 576 valence electrons. The molecular weight excluding hydrogens is 1350 g/mol. The van der Waals surface area contributed by atoms with Gasteiger partial charge in [0, 0.05) is 58.2 Å². The second-order valence-corrected chi connectivity index (χ2v) is 27.9. The van der Waals surface area contributed by atoms with E-state index in [-0.39, 0.29) is 6.42 Å². The van der Waals surface area contributed by atoms with Crippen LogP contribution in [-0.4, -0.2) is 404 Å². The molecule has 40 nitrogen and oxygen atoms in total. The number of rotatable bonds is 36. The number of carbonyl (C=O) groups excluding carboxylic acids is 2. The molecule has 97 heavy (non-hydrogen) atoms. The summed E-state index contributed by atoms with van der Waals surface area (Å²) in [5.74, 6) is -1.92. The Labute approximate surface area is 561 Å². The Morgan fingerprint density at radius 1 is 0.454 bits per heavy atom. The highest BCUT2D eigenvalue weighted by molar-refractivity contribution is 6.61. The number of aliphatic hydroxyl groups is 23. The quantitative estimate of drug-likeness (QED) is 0.0157. The Bertz CT molecular complexity index is 2070. The highest BCUT2D eigenvalue weighted by Gasteiger charge is 2.54. The van der Waals surface area contributed by atoms with Crippen LogP contribution in [0.4, 0.5) is 0 Å². The minimum atomic E-state index is -2.90. The lowest BCUT2D eigenvalue weighted by atomic mass is 9.96. The summed E-state index contributed by atoms with van der Waals surface area (Å²) in [6, 6.07) is 1.26. The number of hydrogen-bond donors (Lipinski definition) is 24. The van der Waals surface area contributed by atoms with Crippen LogP contribution < -0.4 is 5.73 Å². The molecule has 0 aromatic heterocycles. The van der Waals surface area contributed by atoms with Crippen LogP contribution in [0.25, 0.3) is 0 Å². The maximum atomic E-state index is 12.6. The molecule has 28 unspecified atom stereocenters. The number of esters is 1. The van der Waals surface area contributed by atoms with Crippen LogP contribution in [0, 0.1) is 0 Å². The van der Waals surface area contributed by atoms with E-state index in [1.165, 1.54) is 0 Å². The fraction of sp³-hybridized carbons (Fsp3) is 0.964. The molecule has 25 N–H and O–H groups in total. The third-order valence-corrected chi connectivity index (χ3v) is 21.9. The topological polar surface area (TPSA) is 655 Å². The predicted molar refractivity (Wildman–Crippen MR) is 323 cm³/mol. The molecule has 42 heteroatoms. The monoisotopic (exact) mass is 1460 g/mol. The molecule has 5 saturated heterocycles. The summed E-state index contributed by atoms with van der Waals surface area (Å²) in [6.45, 7) is 10.7. The standard InChI is InChI=1S/C22H44O14Si.C12H22O11.C12H20O11.C9H23NO3Si/c1-4-32-37(33-5-2,34-6-3)10-8-7-9-13(25)16(27)19(30)21(14(26)11-23)36-22-20(31)18(29)17(28)15(12-24)35-22;2*13-1-3-5(15)6(16)9(19)12(22-3)23-10-4(2-14)21-11(20)8(18)7(10)17;1-4-11-14(12-5-2,13-6-3)9-7-8-10/h14-24,26-31H,4-12H2,1-3H3;3-20H,1-2H2;3-10,12-19H,1-2H2;4-10H2,1-3H3. The minimum absolute atomic E-state index is 0.144. The predicted octanol–water partition coefficient (Wildman–Crippen LogP) is -12.2. The van der Waals surface area contributed by atoms with Crippen molar-refractivity contribution in [2.75, 3.05) is 85.8 Å². The first-order valence-electron chi connectivity index (χ1n) is 32.0. The SMILES string of the molecule is CCO[Si](CCCCC(=O)C(O)C(O)C(OC1OC(CO)C(O)C(O)C1O)C(O)CO)(OCC)OCC.CCO[Si](CCCN)(OCC)OCC.O=C1OC(CO)C(OC2OC(CO)C(O)C(O)C2O)C(O)C1O.OCC1OC(OC2C(CO)OC(O)C(O)C2O)C(O)C(O)C1O. The molecule has 0 amide bonds. The molecule has 0 saturated carbocycles. The number of Topliss-reactive ketones (excluding diaryl/α,β-unsaturated/α-hetero) is 1. The Hall–Kier alpha value is -1.91. The van der Waals surface area contributed by atoms with E-state index in [4.69, 9.17) is 75.7 Å². The highest BCUT2D eigenvalue weighted by atomic mass is 28.4. The minimum Gasteiger partial charge on any atom is -0.455 e. The number of hydrogen-bond acceptors (Lipinski definition) is 40. The van der Waals surface area contributed by atoms with Gasteiger partial charge in [0.1, 0.15) is 134 Å². The van der Waals surface area contributed by atoms with Crippen LogP contribution in [-0.2, 0) is 74.0 Å². The Balaban J connectivity index is 0.000000465. The molecular formula is C55H109NO39Si2. The second kappa shape index (κ2) is 46.0. The fourth-order valence-corrected chi connectivity index (χ4v) is 15.7. The summed E-state index contributed by atoms with van der Waals surface area (Å²) in [5, 5.41) is 223. The number of nitrogens with two attached hydrogens (primary N) is 1. The number of aliphatic hydroxyl groups excluding tert-OH is 23. The maximum Gasteiger partial charge on any atom is 0.500 e. The lowest BCUT2D eigenvalue weighted by Crippen LogP contribution is -2.64. The van der Waals surface area contributed by atoms with Gasteiger partial charge in [0.15, 0.2) is 43.2 Å². The van der Waals surface area contributed by atoms with Crippen LogP contribution in [0.15, 0.2) is 0 Å². The highest BCUT2D eigenvalue weighted by Crippen LogP contribution is 2.32. The van der Waals surface area contributed by atoms with Crippen molar-refractivity contribution in [1.82, 2.24) is 0 Å². The van der Waals surface area contributed by atoms with E-state index >= 15 is 0 Å². The number of ketones is 1. The molecule has 5 heterocycles. The first-order chi connectivity index (χ1) is 45.9. The molecule has 28 atom stereocenters. The van der Waals surface area contributed by atoms with Crippen molar-refractivity contribution in [3.63, 3.8) is 0 Å². The molecule has 0 aromatic carbocycles. The molecule has 5 aliphatic heterocycles. The van der Waals surface area contributed by atoms with Gasteiger partial charge in [0.25, 0.3) is 0 Å². The summed E-state index contributed by atoms with van der Waals surface area (Å²) < 4.78 is 75.0. The average molecular weight is 1460 g/mol. The van der Waals surface area contributed by atoms with Gasteiger partial charge in [0.2, 0.25) is 0 Å². The molecule has 0 spiro atoms. The van der Waals surface area contributed by atoms with Crippen LogP contribution >= 0.6 is 0 Å². The largest absolute Gasteiger partial charge is 0.500 e. The van der Waals surface area contributed by atoms with E-state index in [2.05, 4.69) is 4.74 Å². The Morgan fingerprint density at radius 2 is 0.825 bits per heavy atom. The molecule has 5 fully saturated rings. The zero-order valence-corrected chi connectivity index (χ0v) is 57.0. The molecule has 0 aliphatic carbocycles. The van der Waals surface area contributed by atoms with E-state index in [0.717, 1.165) is 12.5 Å². The number of unbranched alkanes of at least 4 members (excludes halogenated alkanes) is 1. The third-order valence-electron chi connectivity index (χ3n) is 15.6. The van der Waals surface area contributed by atoms with E-state index in [1.54, 1.807) is 0 Å². The summed E-state index contributed by atoms with van der Waals surface area (Å²) in [6.07, 6.45) is -44.6. The summed E-state index contributed by atoms with van der Waals surface area (Å²) in [5.41, 5.74) is 5.48. The van der Waals surface area contributed by atoms with Crippen molar-refractivity contribution in [1.29, 1.82) is 0 Å². The van der Waals surface area contributed by atoms with Gasteiger partial charge in [-0.15, -0.1) is 0 Å². The van der Waals surface area contributed by atoms with Crippen molar-refractivity contribution >= 4 is 29.4 Å². The number of ether oxygens (including phenoxy) is 8. The first kappa shape index (κ1) is 91.2. The van der Waals surface area contributed by atoms with Gasteiger partial charge in [-0.1, -0.05) is 0 Å². The molecule has 5 aliphatic rings. The van der Waals surface area contributed by atoms with E-state index in [1.807, 2.05) is 41.5 Å². The van der Waals surface area contributed by atoms with E-state index < -0.39 is 241 Å². The smallest absolute Gasteiger partial charge is 0.455 e. The average Bonchev–Trinajstić information content (AvgIpc) is 0.802. The van der Waals surface area contributed by atoms with Gasteiger partial charge in [-0.05, 0) is 67.3 Å². The lowest BCUT2D eigenvalue weighted by molar-refractivity contribution is -0.355. The van der Waals surface area contributed by atoms with Crippen molar-refractivity contribution in [3.8, 4) is 0 Å². The first-order valence-corrected chi connectivity index (χ1v) is 35.8. The second-order valence-electron chi connectivity index (χ2n) is 22.4. The van der Waals surface area contributed by atoms with Gasteiger partial charge in [-0.3, -0.25) is 4.79 Å². The number of cyclic esters (lactones) is 1. The molecule has 0 radical (unpaired) electrons. The van der Waals surface area contributed by atoms with Crippen LogP contribution in [0.2, 0.25) is 12.1 Å². The van der Waals surface area contributed by atoms with Gasteiger partial charge < -0.3 is 188 Å². The van der Waals surface area contributed by atoms with Crippen LogP contribution in [0.3, 0.4) is 0 Å². The van der Waals surface area contributed by atoms with Crippen molar-refractivity contribution in [2.45, 2.75) is 251 Å². The summed E-state index contributed by atoms with van der Waals surface area (Å²) in [4.78, 5) is 23.9. The van der Waals surface area contributed by atoms with Gasteiger partial charge in [-0.25, -0.2) is 4.79 Å². The normalized spacial score (nSPS) is 36.1. The van der Waals surface area contributed by atoms with E-state index in [9.17, 15) is 117 Å². The zero-order chi connectivity index (χ0) is 73.7. The fourth-order valence-electron chi connectivity index (χ4n) is 10.4. The lowest BCUT2D eigenvalue weighted by Gasteiger charge is -2.45. The van der Waals surface area contributed by atoms with Crippen molar-refractivity contribution in [2.24, 2.45) is 5.73 Å². The summed E-state index contributed by atoms with van der Waals surface area (Å²) in [7, 11) is -5.30. The van der Waals surface area contributed by atoms with Gasteiger partial charge in [-0.2, -0.15) is 0 Å². The van der Waals surface area contributed by atoms with Crippen LogP contribution in [0.1, 0.15) is 67.2 Å². The van der Waals surface area contributed by atoms with Gasteiger partial charge in [0.05, 0.1) is 39.6 Å². The molecule has 0 aromatic rings. The molecule has 5 rings (SSSR count). The Kier molecular flexibility index (Phi) is 43.3. The third kappa shape index (κ3) is 26.0. The number of carbonyl (C=O) groups is 2. The van der Waals surface area contributed by atoms with Crippen molar-refractivity contribution in [3.05, 3.63) is 0 Å². The van der Waals surface area contributed by atoms with E-state index in [0.29, 0.717) is 65.1 Å². The Morgan fingerprint density at radius 3 is 1.20 bits per heavy atom. The maximum absolute atomic E-state index is 12.6. The summed E-state index contributed by atoms with van der Waals surface area (Å²) >= 11 is 0. The van der Waals surface area contributed by atoms with Crippen molar-refractivity contribution < 1.29 is 191 Å². The van der Waals surface area contributed by atoms with Gasteiger partial charge >= 0.3 is 23.6 Å². The van der Waals surface area contributed by atoms with Crippen LogP contribution in [0.5, 0.6) is 0 Å². The molecule has 0 bridgehead atoms.